The SMILES string of the molecule is Cc1csc(-c2cccc(OCC(=O)N3CCOC(C)(C)C3)c2)n1. The van der Waals surface area contributed by atoms with Crippen molar-refractivity contribution in [3.05, 3.63) is 35.3 Å². The fourth-order valence-corrected chi connectivity index (χ4v) is 3.47. The third kappa shape index (κ3) is 4.13. The molecule has 1 aliphatic heterocycles. The summed E-state index contributed by atoms with van der Waals surface area (Å²) in [5, 5.41) is 2.98. The summed E-state index contributed by atoms with van der Waals surface area (Å²) in [4.78, 5) is 18.6. The molecular formula is C18H22N2O3S. The lowest BCUT2D eigenvalue weighted by Crippen LogP contribution is -2.51. The summed E-state index contributed by atoms with van der Waals surface area (Å²) in [6.07, 6.45) is 0. The van der Waals surface area contributed by atoms with Crippen LogP contribution in [0.15, 0.2) is 29.6 Å². The molecule has 1 aromatic heterocycles. The van der Waals surface area contributed by atoms with E-state index in [-0.39, 0.29) is 18.1 Å². The minimum atomic E-state index is -0.295. The molecule has 1 aliphatic rings. The van der Waals surface area contributed by atoms with E-state index in [1.165, 1.54) is 0 Å². The van der Waals surface area contributed by atoms with Crippen molar-refractivity contribution in [2.45, 2.75) is 26.4 Å². The average Bonchev–Trinajstić information content (AvgIpc) is 2.98. The molecule has 0 saturated carbocycles. The van der Waals surface area contributed by atoms with Crippen molar-refractivity contribution >= 4 is 17.2 Å². The molecule has 0 bridgehead atoms. The maximum Gasteiger partial charge on any atom is 0.260 e. The number of morpholine rings is 1. The molecule has 1 saturated heterocycles. The molecule has 2 aromatic rings. The van der Waals surface area contributed by atoms with E-state index in [0.29, 0.717) is 25.4 Å². The Bertz CT molecular complexity index is 727. The number of aromatic nitrogens is 1. The summed E-state index contributed by atoms with van der Waals surface area (Å²) in [6.45, 7) is 7.77. The molecule has 0 atom stereocenters. The van der Waals surface area contributed by atoms with Gasteiger partial charge in [-0.15, -0.1) is 11.3 Å². The van der Waals surface area contributed by atoms with Gasteiger partial charge in [0.2, 0.25) is 0 Å². The van der Waals surface area contributed by atoms with E-state index in [1.807, 2.05) is 50.4 Å². The van der Waals surface area contributed by atoms with E-state index in [2.05, 4.69) is 4.98 Å². The summed E-state index contributed by atoms with van der Waals surface area (Å²) >= 11 is 1.60. The van der Waals surface area contributed by atoms with Crippen molar-refractivity contribution in [3.63, 3.8) is 0 Å². The number of nitrogens with zero attached hydrogens (tertiary/aromatic N) is 2. The Morgan fingerprint density at radius 2 is 2.29 bits per heavy atom. The van der Waals surface area contributed by atoms with Crippen LogP contribution in [0.1, 0.15) is 19.5 Å². The number of hydrogen-bond acceptors (Lipinski definition) is 5. The van der Waals surface area contributed by atoms with E-state index in [1.54, 1.807) is 16.2 Å². The highest BCUT2D eigenvalue weighted by Crippen LogP contribution is 2.26. The number of carbonyl (C=O) groups excluding carboxylic acids is 1. The monoisotopic (exact) mass is 346 g/mol. The lowest BCUT2D eigenvalue weighted by atomic mass is 10.1. The molecule has 24 heavy (non-hydrogen) atoms. The van der Waals surface area contributed by atoms with Crippen molar-refractivity contribution in [1.82, 2.24) is 9.88 Å². The number of amides is 1. The van der Waals surface area contributed by atoms with Crippen molar-refractivity contribution in [2.75, 3.05) is 26.3 Å². The number of carbonyl (C=O) groups is 1. The van der Waals surface area contributed by atoms with Gasteiger partial charge in [0, 0.05) is 29.7 Å². The molecule has 3 rings (SSSR count). The molecular weight excluding hydrogens is 324 g/mol. The van der Waals surface area contributed by atoms with E-state index < -0.39 is 0 Å². The van der Waals surface area contributed by atoms with E-state index in [0.717, 1.165) is 16.3 Å². The van der Waals surface area contributed by atoms with Gasteiger partial charge in [0.25, 0.3) is 5.91 Å². The van der Waals surface area contributed by atoms with Gasteiger partial charge < -0.3 is 14.4 Å². The Morgan fingerprint density at radius 1 is 1.46 bits per heavy atom. The Labute approximate surface area is 146 Å². The average molecular weight is 346 g/mol. The van der Waals surface area contributed by atoms with Crippen molar-refractivity contribution in [2.24, 2.45) is 0 Å². The maximum atomic E-state index is 12.4. The normalized spacial score (nSPS) is 16.9. The number of rotatable bonds is 4. The lowest BCUT2D eigenvalue weighted by molar-refractivity contribution is -0.147. The van der Waals surface area contributed by atoms with Gasteiger partial charge in [-0.25, -0.2) is 4.98 Å². The third-order valence-electron chi connectivity index (χ3n) is 3.84. The van der Waals surface area contributed by atoms with Gasteiger partial charge in [0.15, 0.2) is 6.61 Å². The molecule has 1 amide bonds. The highest BCUT2D eigenvalue weighted by molar-refractivity contribution is 7.13. The molecule has 0 N–H and O–H groups in total. The Hall–Kier alpha value is -1.92. The van der Waals surface area contributed by atoms with E-state index in [9.17, 15) is 4.79 Å². The van der Waals surface area contributed by atoms with Crippen LogP contribution >= 0.6 is 11.3 Å². The second-order valence-corrected chi connectivity index (χ2v) is 7.39. The minimum absolute atomic E-state index is 0.0122. The largest absolute Gasteiger partial charge is 0.484 e. The number of aryl methyl sites for hydroxylation is 1. The van der Waals surface area contributed by atoms with Crippen LogP contribution in [-0.2, 0) is 9.53 Å². The molecule has 128 valence electrons. The zero-order valence-electron chi connectivity index (χ0n) is 14.2. The van der Waals surface area contributed by atoms with Crippen LogP contribution in [-0.4, -0.2) is 47.7 Å². The molecule has 0 aliphatic carbocycles. The molecule has 1 aromatic carbocycles. The number of ether oxygens (including phenoxy) is 2. The van der Waals surface area contributed by atoms with Crippen LogP contribution < -0.4 is 4.74 Å². The van der Waals surface area contributed by atoms with Gasteiger partial charge in [-0.3, -0.25) is 4.79 Å². The fourth-order valence-electron chi connectivity index (χ4n) is 2.67. The summed E-state index contributed by atoms with van der Waals surface area (Å²) in [7, 11) is 0. The van der Waals surface area contributed by atoms with Gasteiger partial charge in [-0.1, -0.05) is 12.1 Å². The molecule has 0 radical (unpaired) electrons. The molecule has 1 fully saturated rings. The predicted octanol–water partition coefficient (Wildman–Crippen LogP) is 3.13. The summed E-state index contributed by atoms with van der Waals surface area (Å²) in [5.74, 6) is 0.670. The Kier molecular flexibility index (Phi) is 4.87. The van der Waals surface area contributed by atoms with Crippen LogP contribution in [0.4, 0.5) is 0 Å². The van der Waals surface area contributed by atoms with Gasteiger partial charge in [0.1, 0.15) is 10.8 Å². The molecule has 6 heteroatoms. The number of benzene rings is 1. The maximum absolute atomic E-state index is 12.4. The fraction of sp³-hybridized carbons (Fsp3) is 0.444. The van der Waals surface area contributed by atoms with Crippen LogP contribution in [0.5, 0.6) is 5.75 Å². The Balaban J connectivity index is 1.61. The highest BCUT2D eigenvalue weighted by atomic mass is 32.1. The second-order valence-electron chi connectivity index (χ2n) is 6.53. The van der Waals surface area contributed by atoms with Gasteiger partial charge in [-0.2, -0.15) is 0 Å². The van der Waals surface area contributed by atoms with Crippen molar-refractivity contribution < 1.29 is 14.3 Å². The minimum Gasteiger partial charge on any atom is -0.484 e. The lowest BCUT2D eigenvalue weighted by Gasteiger charge is -2.38. The van der Waals surface area contributed by atoms with E-state index >= 15 is 0 Å². The van der Waals surface area contributed by atoms with E-state index in [4.69, 9.17) is 9.47 Å². The smallest absolute Gasteiger partial charge is 0.260 e. The summed E-state index contributed by atoms with van der Waals surface area (Å²) < 4.78 is 11.3. The quantitative estimate of drug-likeness (QED) is 0.853. The first kappa shape index (κ1) is 16.9. The first-order chi connectivity index (χ1) is 11.4. The zero-order chi connectivity index (χ0) is 17.2. The topological polar surface area (TPSA) is 51.7 Å². The first-order valence-electron chi connectivity index (χ1n) is 8.00. The zero-order valence-corrected chi connectivity index (χ0v) is 15.1. The van der Waals surface area contributed by atoms with Crippen LogP contribution in [0.2, 0.25) is 0 Å². The molecule has 0 spiro atoms. The summed E-state index contributed by atoms with van der Waals surface area (Å²) in [5.41, 5.74) is 1.72. The van der Waals surface area contributed by atoms with Crippen molar-refractivity contribution in [1.29, 1.82) is 0 Å². The van der Waals surface area contributed by atoms with Crippen molar-refractivity contribution in [3.8, 4) is 16.3 Å². The second kappa shape index (κ2) is 6.91. The van der Waals surface area contributed by atoms with Gasteiger partial charge in [0.05, 0.1) is 12.2 Å². The standard InChI is InChI=1S/C18H22N2O3S/c1-13-11-24-17(19-13)14-5-4-6-15(9-14)22-10-16(21)20-7-8-23-18(2,3)12-20/h4-6,9,11H,7-8,10,12H2,1-3H3. The Morgan fingerprint density at radius 3 is 3.00 bits per heavy atom. The highest BCUT2D eigenvalue weighted by Gasteiger charge is 2.29. The van der Waals surface area contributed by atoms with Crippen LogP contribution in [0, 0.1) is 6.92 Å². The molecule has 0 unspecified atom stereocenters. The summed E-state index contributed by atoms with van der Waals surface area (Å²) in [6, 6.07) is 7.70. The molecule has 2 heterocycles. The predicted molar refractivity (Wildman–Crippen MR) is 94.4 cm³/mol. The number of hydrogen-bond donors (Lipinski definition) is 0. The first-order valence-corrected chi connectivity index (χ1v) is 8.88. The van der Waals surface area contributed by atoms with Crippen LogP contribution in [0.25, 0.3) is 10.6 Å². The molecule has 5 nitrogen and oxygen atoms in total. The number of thiazole rings is 1. The van der Waals surface area contributed by atoms with Gasteiger partial charge >= 0.3 is 0 Å². The van der Waals surface area contributed by atoms with Crippen LogP contribution in [0.3, 0.4) is 0 Å². The van der Waals surface area contributed by atoms with Gasteiger partial charge in [-0.05, 0) is 32.9 Å². The third-order valence-corrected chi connectivity index (χ3v) is 4.85.